The molecule has 0 spiro atoms. The lowest BCUT2D eigenvalue weighted by molar-refractivity contribution is -0.136. The minimum atomic E-state index is -0.765. The number of hydrogen-bond donors (Lipinski definition) is 1. The van der Waals surface area contributed by atoms with Crippen molar-refractivity contribution >= 4 is 52.0 Å². The van der Waals surface area contributed by atoms with Crippen LogP contribution in [0.25, 0.3) is 0 Å². The van der Waals surface area contributed by atoms with E-state index < -0.39 is 6.04 Å². The Balaban J connectivity index is 2.08. The second kappa shape index (κ2) is 9.47. The number of amides is 2. The maximum atomic E-state index is 13.7. The molecule has 0 saturated carbocycles. The van der Waals surface area contributed by atoms with E-state index in [1.165, 1.54) is 16.2 Å². The Morgan fingerprint density at radius 1 is 1.28 bits per heavy atom. The van der Waals surface area contributed by atoms with Gasteiger partial charge in [-0.15, -0.1) is 22.9 Å². The molecule has 2 heterocycles. The lowest BCUT2D eigenvalue weighted by Gasteiger charge is -2.40. The van der Waals surface area contributed by atoms with Crippen molar-refractivity contribution in [1.29, 1.82) is 0 Å². The number of halogens is 2. The molecule has 29 heavy (non-hydrogen) atoms. The first kappa shape index (κ1) is 22.1. The highest BCUT2D eigenvalue weighted by Crippen LogP contribution is 2.35. The van der Waals surface area contributed by atoms with Gasteiger partial charge in [-0.2, -0.15) is 0 Å². The van der Waals surface area contributed by atoms with Crippen LogP contribution in [-0.4, -0.2) is 47.8 Å². The van der Waals surface area contributed by atoms with Gasteiger partial charge in [0.25, 0.3) is 5.91 Å². The van der Waals surface area contributed by atoms with Crippen LogP contribution in [0.1, 0.15) is 30.3 Å². The zero-order chi connectivity index (χ0) is 21.1. The third kappa shape index (κ3) is 4.94. The third-order valence-corrected chi connectivity index (χ3v) is 6.36. The Bertz CT molecular complexity index is 865. The number of alkyl halides is 1. The van der Waals surface area contributed by atoms with Gasteiger partial charge < -0.3 is 10.2 Å². The van der Waals surface area contributed by atoms with Gasteiger partial charge in [0, 0.05) is 40.8 Å². The summed E-state index contributed by atoms with van der Waals surface area (Å²) >= 11 is 13.6. The molecule has 156 valence electrons. The van der Waals surface area contributed by atoms with Crippen LogP contribution in [0.5, 0.6) is 0 Å². The highest BCUT2D eigenvalue weighted by Gasteiger charge is 2.38. The van der Waals surface area contributed by atoms with Gasteiger partial charge in [0.15, 0.2) is 0 Å². The van der Waals surface area contributed by atoms with Crippen LogP contribution in [0.15, 0.2) is 35.7 Å². The average Bonchev–Trinajstić information content (AvgIpc) is 3.19. The Kier molecular flexibility index (Phi) is 7.22. The van der Waals surface area contributed by atoms with Crippen molar-refractivity contribution in [2.24, 2.45) is 0 Å². The molecular weight excluding hydrogens is 429 g/mol. The SMILES string of the molecule is Cc1cc(Cl)ccc1N(C(=O)CCl)C(C(=O)N1C[C@@H](C)N[C@@H](C)C1)c1cccs1. The Hall–Kier alpha value is -1.60. The van der Waals surface area contributed by atoms with Crippen molar-refractivity contribution in [3.63, 3.8) is 0 Å². The number of piperazine rings is 1. The van der Waals surface area contributed by atoms with Crippen molar-refractivity contribution in [2.45, 2.75) is 38.9 Å². The summed E-state index contributed by atoms with van der Waals surface area (Å²) in [7, 11) is 0. The number of thiophene rings is 1. The van der Waals surface area contributed by atoms with Gasteiger partial charge in [-0.3, -0.25) is 14.5 Å². The fourth-order valence-corrected chi connectivity index (χ4v) is 5.02. The van der Waals surface area contributed by atoms with Gasteiger partial charge in [0.05, 0.1) is 0 Å². The molecule has 0 radical (unpaired) electrons. The summed E-state index contributed by atoms with van der Waals surface area (Å²) in [5.41, 5.74) is 1.45. The predicted octanol–water partition coefficient (Wildman–Crippen LogP) is 4.23. The van der Waals surface area contributed by atoms with E-state index in [9.17, 15) is 9.59 Å². The Labute approximate surface area is 185 Å². The van der Waals surface area contributed by atoms with Crippen LogP contribution in [0.4, 0.5) is 5.69 Å². The Morgan fingerprint density at radius 3 is 2.52 bits per heavy atom. The molecule has 2 aromatic rings. The van der Waals surface area contributed by atoms with Crippen LogP contribution < -0.4 is 10.2 Å². The van der Waals surface area contributed by atoms with Gasteiger partial charge in [-0.05, 0) is 56.0 Å². The first-order valence-corrected chi connectivity index (χ1v) is 11.3. The zero-order valence-electron chi connectivity index (χ0n) is 16.7. The molecule has 3 rings (SSSR count). The second-order valence-corrected chi connectivity index (χ2v) is 9.14. The van der Waals surface area contributed by atoms with Crippen molar-refractivity contribution in [3.8, 4) is 0 Å². The maximum absolute atomic E-state index is 13.7. The predicted molar refractivity (Wildman–Crippen MR) is 120 cm³/mol. The van der Waals surface area contributed by atoms with Gasteiger partial charge in [-0.1, -0.05) is 17.7 Å². The molecule has 1 aliphatic heterocycles. The molecule has 1 unspecified atom stereocenters. The number of rotatable bonds is 5. The molecule has 1 aromatic heterocycles. The minimum Gasteiger partial charge on any atom is -0.337 e. The molecule has 0 aliphatic carbocycles. The van der Waals surface area contributed by atoms with Gasteiger partial charge in [0.1, 0.15) is 11.9 Å². The summed E-state index contributed by atoms with van der Waals surface area (Å²) in [5.74, 6) is -0.633. The van der Waals surface area contributed by atoms with Crippen LogP contribution in [0.2, 0.25) is 5.02 Å². The fraction of sp³-hybridized carbons (Fsp3) is 0.429. The summed E-state index contributed by atoms with van der Waals surface area (Å²) in [4.78, 5) is 30.9. The maximum Gasteiger partial charge on any atom is 0.251 e. The van der Waals surface area contributed by atoms with E-state index in [4.69, 9.17) is 23.2 Å². The second-order valence-electron chi connectivity index (χ2n) is 7.46. The summed E-state index contributed by atoms with van der Waals surface area (Å²) in [6, 6.07) is 8.67. The van der Waals surface area contributed by atoms with Gasteiger partial charge in [0.2, 0.25) is 5.91 Å². The fourth-order valence-electron chi connectivity index (χ4n) is 3.86. The van der Waals surface area contributed by atoms with Crippen molar-refractivity contribution in [2.75, 3.05) is 23.9 Å². The molecule has 0 bridgehead atoms. The average molecular weight is 454 g/mol. The monoisotopic (exact) mass is 453 g/mol. The number of nitrogens with zero attached hydrogens (tertiary/aromatic N) is 2. The molecule has 8 heteroatoms. The number of anilines is 1. The number of nitrogens with one attached hydrogen (secondary N) is 1. The van der Waals surface area contributed by atoms with Crippen molar-refractivity contribution in [1.82, 2.24) is 10.2 Å². The molecule has 1 aliphatic rings. The molecule has 5 nitrogen and oxygen atoms in total. The highest BCUT2D eigenvalue weighted by atomic mass is 35.5. The quantitative estimate of drug-likeness (QED) is 0.688. The number of benzene rings is 1. The van der Waals surface area contributed by atoms with E-state index in [0.717, 1.165) is 10.4 Å². The molecule has 1 aromatic carbocycles. The smallest absolute Gasteiger partial charge is 0.251 e. The Morgan fingerprint density at radius 2 is 1.97 bits per heavy atom. The van der Waals surface area contributed by atoms with Gasteiger partial charge >= 0.3 is 0 Å². The minimum absolute atomic E-state index is 0.0968. The summed E-state index contributed by atoms with van der Waals surface area (Å²) in [6.07, 6.45) is 0. The number of carbonyl (C=O) groups is 2. The van der Waals surface area contributed by atoms with E-state index in [2.05, 4.69) is 19.2 Å². The highest BCUT2D eigenvalue weighted by molar-refractivity contribution is 7.10. The van der Waals surface area contributed by atoms with Crippen LogP contribution >= 0.6 is 34.5 Å². The number of hydrogen-bond acceptors (Lipinski definition) is 4. The molecular formula is C21H25Cl2N3O2S. The van der Waals surface area contributed by atoms with E-state index >= 15 is 0 Å². The zero-order valence-corrected chi connectivity index (χ0v) is 19.0. The lowest BCUT2D eigenvalue weighted by atomic mass is 10.1. The summed E-state index contributed by atoms with van der Waals surface area (Å²) < 4.78 is 0. The van der Waals surface area contributed by atoms with E-state index in [1.54, 1.807) is 18.2 Å². The van der Waals surface area contributed by atoms with Crippen LogP contribution in [0, 0.1) is 6.92 Å². The number of aryl methyl sites for hydroxylation is 1. The van der Waals surface area contributed by atoms with Crippen LogP contribution in [-0.2, 0) is 9.59 Å². The normalized spacial score (nSPS) is 20.4. The summed E-state index contributed by atoms with van der Waals surface area (Å²) in [6.45, 7) is 7.17. The molecule has 1 fully saturated rings. The van der Waals surface area contributed by atoms with Gasteiger partial charge in [-0.25, -0.2) is 0 Å². The molecule has 1 saturated heterocycles. The standard InChI is InChI=1S/C21H25Cl2N3O2S/c1-13-9-16(23)6-7-17(13)26(19(27)10-22)20(18-5-4-8-29-18)21(28)25-11-14(2)24-15(3)12-25/h4-9,14-15,20,24H,10-12H2,1-3H3/t14-,15+,20?. The molecule has 1 N–H and O–H groups in total. The molecule has 2 amide bonds. The number of carbonyl (C=O) groups excluding carboxylic acids is 2. The molecule has 3 atom stereocenters. The van der Waals surface area contributed by atoms with Crippen molar-refractivity contribution < 1.29 is 9.59 Å². The largest absolute Gasteiger partial charge is 0.337 e. The first-order valence-electron chi connectivity index (χ1n) is 9.54. The summed E-state index contributed by atoms with van der Waals surface area (Å²) in [5, 5.41) is 5.93. The van der Waals surface area contributed by atoms with E-state index in [1.807, 2.05) is 29.3 Å². The van der Waals surface area contributed by atoms with Crippen LogP contribution in [0.3, 0.4) is 0 Å². The third-order valence-electron chi connectivity index (χ3n) is 4.98. The van der Waals surface area contributed by atoms with Crippen molar-refractivity contribution in [3.05, 3.63) is 51.2 Å². The first-order chi connectivity index (χ1) is 13.8. The van der Waals surface area contributed by atoms with E-state index in [0.29, 0.717) is 23.8 Å². The topological polar surface area (TPSA) is 52.7 Å². The lowest BCUT2D eigenvalue weighted by Crippen LogP contribution is -2.58. The van der Waals surface area contributed by atoms with E-state index in [-0.39, 0.29) is 29.8 Å².